The number of carbonyl (C=O) groups is 3. The van der Waals surface area contributed by atoms with Gasteiger partial charge in [-0.1, -0.05) is 25.7 Å². The largest absolute Gasteiger partial charge is 0.444 e. The molecule has 5 amide bonds. The standard InChI is InChI=1S/C23H40N4O3.C18H32N4O/c1-22(2,3)30-21(29)25-15-11-23(4,12-16-25)26-13-9-17(10-14-26)27-19-8-6-5-7-18(19)24-20(27)28;1-18(8-10-19-11-9-18)21-12-6-14(7-13-21)22-16-5-3-2-4-15(16)20-17(22)23/h17-19H,5-16H2,1-4H3,(H,24,28);14-16,19H,2-13H2,1H3,(H,20,23)/t18-,19+;15-,16+/m11/s1. The number of nitrogens with one attached hydrogen (secondary N) is 3. The third-order valence-electron chi connectivity index (χ3n) is 14.7. The Bertz CT molecular complexity index is 1280. The van der Waals surface area contributed by atoms with Crippen LogP contribution in [0.5, 0.6) is 0 Å². The van der Waals surface area contributed by atoms with E-state index in [1.807, 2.05) is 25.7 Å². The number of likely N-dealkylation sites (tertiary alicyclic amines) is 3. The van der Waals surface area contributed by atoms with Crippen molar-refractivity contribution in [2.75, 3.05) is 52.4 Å². The molecule has 8 rings (SSSR count). The van der Waals surface area contributed by atoms with Gasteiger partial charge in [-0.2, -0.15) is 0 Å². The fourth-order valence-electron chi connectivity index (χ4n) is 11.3. The molecule has 53 heavy (non-hydrogen) atoms. The number of hydrogen-bond donors (Lipinski definition) is 3. The minimum Gasteiger partial charge on any atom is -0.444 e. The molecule has 6 aliphatic heterocycles. The third-order valence-corrected chi connectivity index (χ3v) is 14.7. The van der Waals surface area contributed by atoms with Crippen molar-refractivity contribution in [3.8, 4) is 0 Å². The van der Waals surface area contributed by atoms with Gasteiger partial charge in [0.15, 0.2) is 0 Å². The summed E-state index contributed by atoms with van der Waals surface area (Å²) in [6, 6.07) is 2.91. The van der Waals surface area contributed by atoms with Crippen molar-refractivity contribution in [1.29, 1.82) is 0 Å². The van der Waals surface area contributed by atoms with Crippen molar-refractivity contribution < 1.29 is 19.1 Å². The van der Waals surface area contributed by atoms with Gasteiger partial charge >= 0.3 is 18.2 Å². The van der Waals surface area contributed by atoms with E-state index in [9.17, 15) is 14.4 Å². The van der Waals surface area contributed by atoms with Crippen LogP contribution in [-0.2, 0) is 4.74 Å². The summed E-state index contributed by atoms with van der Waals surface area (Å²) >= 11 is 0. The number of ether oxygens (including phenoxy) is 1. The number of hydrogen-bond acceptors (Lipinski definition) is 7. The van der Waals surface area contributed by atoms with E-state index in [-0.39, 0.29) is 23.7 Å². The van der Waals surface area contributed by atoms with Crippen LogP contribution in [0.15, 0.2) is 0 Å². The van der Waals surface area contributed by atoms with E-state index in [4.69, 9.17) is 4.74 Å². The van der Waals surface area contributed by atoms with E-state index in [0.717, 1.165) is 104 Å². The number of fused-ring (bicyclic) bond motifs is 2. The maximum atomic E-state index is 12.6. The van der Waals surface area contributed by atoms with Gasteiger partial charge in [-0.15, -0.1) is 0 Å². The summed E-state index contributed by atoms with van der Waals surface area (Å²) in [6.07, 6.45) is 18.4. The first-order valence-electron chi connectivity index (χ1n) is 21.7. The van der Waals surface area contributed by atoms with E-state index in [0.29, 0.717) is 41.8 Å². The maximum absolute atomic E-state index is 12.6. The molecule has 8 aliphatic rings. The van der Waals surface area contributed by atoms with Gasteiger partial charge in [0, 0.05) is 62.4 Å². The molecular formula is C41H72N8O4. The fraction of sp³-hybridized carbons (Fsp3) is 0.927. The number of rotatable bonds is 4. The van der Waals surface area contributed by atoms with Crippen LogP contribution in [0.2, 0.25) is 0 Å². The van der Waals surface area contributed by atoms with Crippen LogP contribution in [0.1, 0.15) is 137 Å². The number of piperidine rings is 4. The van der Waals surface area contributed by atoms with Crippen LogP contribution >= 0.6 is 0 Å². The van der Waals surface area contributed by atoms with Crippen LogP contribution in [0.3, 0.4) is 0 Å². The summed E-state index contributed by atoms with van der Waals surface area (Å²) in [5, 5.41) is 9.97. The molecule has 6 saturated heterocycles. The van der Waals surface area contributed by atoms with E-state index < -0.39 is 5.60 Å². The molecule has 0 radical (unpaired) electrons. The highest BCUT2D eigenvalue weighted by Crippen LogP contribution is 2.37. The first-order valence-corrected chi connectivity index (χ1v) is 21.7. The van der Waals surface area contributed by atoms with Crippen LogP contribution < -0.4 is 16.0 Å². The van der Waals surface area contributed by atoms with Crippen molar-refractivity contribution in [3.63, 3.8) is 0 Å². The van der Waals surface area contributed by atoms with Gasteiger partial charge in [0.05, 0.1) is 24.2 Å². The van der Waals surface area contributed by atoms with Gasteiger partial charge in [-0.3, -0.25) is 9.80 Å². The Morgan fingerprint density at radius 3 is 1.47 bits per heavy atom. The monoisotopic (exact) mass is 741 g/mol. The Morgan fingerprint density at radius 2 is 1.04 bits per heavy atom. The summed E-state index contributed by atoms with van der Waals surface area (Å²) in [7, 11) is 0. The van der Waals surface area contributed by atoms with Gasteiger partial charge in [-0.05, 0) is 125 Å². The van der Waals surface area contributed by atoms with Crippen molar-refractivity contribution in [1.82, 2.24) is 40.4 Å². The topological polar surface area (TPSA) is 113 Å². The molecular weight excluding hydrogens is 669 g/mol. The Balaban J connectivity index is 0.000000170. The molecule has 2 aliphatic carbocycles. The number of urea groups is 2. The molecule has 12 heteroatoms. The lowest BCUT2D eigenvalue weighted by atomic mass is 9.85. The quantitative estimate of drug-likeness (QED) is 0.349. The van der Waals surface area contributed by atoms with Gasteiger partial charge in [0.25, 0.3) is 0 Å². The van der Waals surface area contributed by atoms with Crippen molar-refractivity contribution in [2.24, 2.45) is 0 Å². The Kier molecular flexibility index (Phi) is 11.8. The molecule has 0 bridgehead atoms. The van der Waals surface area contributed by atoms with Crippen LogP contribution in [0.25, 0.3) is 0 Å². The molecule has 12 nitrogen and oxygen atoms in total. The highest BCUT2D eigenvalue weighted by Gasteiger charge is 2.47. The van der Waals surface area contributed by atoms with E-state index in [1.54, 1.807) is 0 Å². The van der Waals surface area contributed by atoms with Crippen molar-refractivity contribution in [2.45, 2.75) is 190 Å². The maximum Gasteiger partial charge on any atom is 0.410 e. The molecule has 6 heterocycles. The highest BCUT2D eigenvalue weighted by molar-refractivity contribution is 5.78. The lowest BCUT2D eigenvalue weighted by Crippen LogP contribution is -2.59. The molecule has 300 valence electrons. The van der Waals surface area contributed by atoms with Crippen LogP contribution in [0, 0.1) is 0 Å². The second kappa shape index (κ2) is 16.0. The predicted molar refractivity (Wildman–Crippen MR) is 208 cm³/mol. The molecule has 3 N–H and O–H groups in total. The van der Waals surface area contributed by atoms with E-state index in [1.165, 1.54) is 51.4 Å². The molecule has 0 unspecified atom stereocenters. The van der Waals surface area contributed by atoms with Crippen molar-refractivity contribution in [3.05, 3.63) is 0 Å². The van der Waals surface area contributed by atoms with Crippen LogP contribution in [0.4, 0.5) is 14.4 Å². The number of amides is 5. The normalized spacial score (nSPS) is 33.0. The van der Waals surface area contributed by atoms with Gasteiger partial charge in [0.1, 0.15) is 5.60 Å². The molecule has 4 atom stereocenters. The molecule has 8 fully saturated rings. The first kappa shape index (κ1) is 38.9. The predicted octanol–water partition coefficient (Wildman–Crippen LogP) is 5.51. The third kappa shape index (κ3) is 8.59. The second-order valence-corrected chi connectivity index (χ2v) is 19.3. The zero-order valence-electron chi connectivity index (χ0n) is 33.8. The second-order valence-electron chi connectivity index (χ2n) is 19.3. The average Bonchev–Trinajstić information content (AvgIpc) is 3.67. The van der Waals surface area contributed by atoms with E-state index in [2.05, 4.69) is 49.4 Å². The smallest absolute Gasteiger partial charge is 0.410 e. The van der Waals surface area contributed by atoms with Gasteiger partial charge in [-0.25, -0.2) is 14.4 Å². The highest BCUT2D eigenvalue weighted by atomic mass is 16.6. The molecule has 0 aromatic heterocycles. The van der Waals surface area contributed by atoms with Crippen LogP contribution in [-0.4, -0.2) is 148 Å². The average molecular weight is 741 g/mol. The first-order chi connectivity index (χ1) is 25.3. The Morgan fingerprint density at radius 1 is 0.623 bits per heavy atom. The van der Waals surface area contributed by atoms with E-state index >= 15 is 0 Å². The summed E-state index contributed by atoms with van der Waals surface area (Å²) < 4.78 is 5.55. The number of nitrogens with zero attached hydrogens (tertiary/aromatic N) is 5. The Labute approximate surface area is 319 Å². The molecule has 0 aromatic carbocycles. The zero-order chi connectivity index (χ0) is 37.4. The lowest BCUT2D eigenvalue weighted by molar-refractivity contribution is -0.0141. The number of carbonyl (C=O) groups excluding carboxylic acids is 3. The minimum absolute atomic E-state index is 0.129. The lowest BCUT2D eigenvalue weighted by Gasteiger charge is -2.50. The van der Waals surface area contributed by atoms with Gasteiger partial charge < -0.3 is 35.4 Å². The molecule has 0 spiro atoms. The van der Waals surface area contributed by atoms with Crippen molar-refractivity contribution >= 4 is 18.2 Å². The summed E-state index contributed by atoms with van der Waals surface area (Å²) in [6.45, 7) is 18.7. The summed E-state index contributed by atoms with van der Waals surface area (Å²) in [5.74, 6) is 0. The Hall–Kier alpha value is -2.31. The minimum atomic E-state index is -0.446. The summed E-state index contributed by atoms with van der Waals surface area (Å²) in [4.78, 5) is 49.1. The molecule has 2 saturated carbocycles. The fourth-order valence-corrected chi connectivity index (χ4v) is 11.3. The zero-order valence-corrected chi connectivity index (χ0v) is 33.8. The van der Waals surface area contributed by atoms with Gasteiger partial charge in [0.2, 0.25) is 0 Å². The summed E-state index contributed by atoms with van der Waals surface area (Å²) in [5.41, 5.74) is 0.0555. The molecule has 0 aromatic rings. The SMILES string of the molecule is CC(C)(C)OC(=O)N1CCC(C)(N2CCC(N3C(=O)N[C@@H]4CCCC[C@@H]43)CC2)CC1.CC1(N2CCC(N3C(=O)N[C@@H]4CCCC[C@@H]43)CC2)CCNCC1.